The first kappa shape index (κ1) is 23.5. The Balaban J connectivity index is 1.41. The molecule has 2 aliphatic rings. The minimum absolute atomic E-state index is 0.154. The molecule has 7 heteroatoms. The molecule has 3 N–H and O–H groups in total. The highest BCUT2D eigenvalue weighted by molar-refractivity contribution is 6.29. The number of hydrogen-bond acceptors (Lipinski definition) is 5. The van der Waals surface area contributed by atoms with Crippen molar-refractivity contribution in [2.45, 2.75) is 45.1 Å². The second kappa shape index (κ2) is 10.5. The highest BCUT2D eigenvalue weighted by atomic mass is 35.5. The minimum atomic E-state index is 0.154. The van der Waals surface area contributed by atoms with Gasteiger partial charge in [0.2, 0.25) is 5.28 Å². The lowest BCUT2D eigenvalue weighted by Crippen LogP contribution is -2.31. The molecule has 1 fully saturated rings. The van der Waals surface area contributed by atoms with E-state index in [9.17, 15) is 0 Å². The van der Waals surface area contributed by atoms with Gasteiger partial charge in [0.05, 0.1) is 5.39 Å². The molecule has 0 saturated heterocycles. The fraction of sp³-hybridized carbons (Fsp3) is 0.423. The van der Waals surface area contributed by atoms with E-state index in [1.807, 2.05) is 18.3 Å². The predicted molar refractivity (Wildman–Crippen MR) is 138 cm³/mol. The zero-order valence-corrected chi connectivity index (χ0v) is 20.1. The molecule has 33 heavy (non-hydrogen) atoms. The van der Waals surface area contributed by atoms with Crippen molar-refractivity contribution < 1.29 is 0 Å². The van der Waals surface area contributed by atoms with Crippen LogP contribution in [0.1, 0.15) is 50.6 Å². The first-order valence-corrected chi connectivity index (χ1v) is 12.1. The third-order valence-electron chi connectivity index (χ3n) is 7.04. The fourth-order valence-corrected chi connectivity index (χ4v) is 5.39. The van der Waals surface area contributed by atoms with E-state index >= 15 is 0 Å². The summed E-state index contributed by atoms with van der Waals surface area (Å²) in [5.41, 5.74) is 10.5. The maximum absolute atomic E-state index is 7.78. The molecule has 4 rings (SSSR count). The Morgan fingerprint density at radius 2 is 2.21 bits per heavy atom. The first-order chi connectivity index (χ1) is 16.0. The highest BCUT2D eigenvalue weighted by Crippen LogP contribution is 2.42. The number of nitrogens with two attached hydrogens (primary N) is 1. The summed E-state index contributed by atoms with van der Waals surface area (Å²) in [4.78, 5) is 11.1. The number of nitrogens with zero attached hydrogens (tertiary/aromatic N) is 4. The molecule has 0 amide bonds. The van der Waals surface area contributed by atoms with Gasteiger partial charge in [-0.2, -0.15) is 4.98 Å². The quantitative estimate of drug-likeness (QED) is 0.226. The van der Waals surface area contributed by atoms with Crippen molar-refractivity contribution >= 4 is 34.7 Å². The van der Waals surface area contributed by atoms with Crippen molar-refractivity contribution in [3.05, 3.63) is 65.1 Å². The Morgan fingerprint density at radius 3 is 2.91 bits per heavy atom. The number of allylic oxidation sites excluding steroid dienone is 4. The van der Waals surface area contributed by atoms with Gasteiger partial charge in [0.1, 0.15) is 11.5 Å². The van der Waals surface area contributed by atoms with Crippen LogP contribution < -0.4 is 5.73 Å². The smallest absolute Gasteiger partial charge is 0.226 e. The van der Waals surface area contributed by atoms with Gasteiger partial charge in [0.15, 0.2) is 0 Å². The number of fused-ring (bicyclic) bond motifs is 1. The molecule has 1 saturated carbocycles. The maximum Gasteiger partial charge on any atom is 0.226 e. The summed E-state index contributed by atoms with van der Waals surface area (Å²) < 4.78 is 2.17. The van der Waals surface area contributed by atoms with Gasteiger partial charge in [-0.15, -0.1) is 0 Å². The van der Waals surface area contributed by atoms with Gasteiger partial charge in [-0.3, -0.25) is 4.90 Å². The van der Waals surface area contributed by atoms with Crippen molar-refractivity contribution in [3.63, 3.8) is 0 Å². The Labute approximate surface area is 201 Å². The van der Waals surface area contributed by atoms with Crippen LogP contribution in [0.4, 0.5) is 5.82 Å². The first-order valence-electron chi connectivity index (χ1n) is 11.7. The van der Waals surface area contributed by atoms with Gasteiger partial charge in [-0.1, -0.05) is 48.1 Å². The molecule has 3 heterocycles. The monoisotopic (exact) mass is 464 g/mol. The average molecular weight is 465 g/mol. The summed E-state index contributed by atoms with van der Waals surface area (Å²) in [7, 11) is 0. The molecule has 2 atom stereocenters. The zero-order chi connectivity index (χ0) is 23.4. The Kier molecular flexibility index (Phi) is 7.46. The van der Waals surface area contributed by atoms with Crippen LogP contribution in [0.25, 0.3) is 11.0 Å². The van der Waals surface area contributed by atoms with Crippen molar-refractivity contribution in [1.82, 2.24) is 19.4 Å². The third-order valence-corrected chi connectivity index (χ3v) is 7.21. The van der Waals surface area contributed by atoms with E-state index in [1.165, 1.54) is 18.2 Å². The number of nitrogen functional groups attached to an aromatic ring is 1. The Morgan fingerprint density at radius 1 is 1.36 bits per heavy atom. The number of halogens is 1. The third kappa shape index (κ3) is 5.12. The van der Waals surface area contributed by atoms with Gasteiger partial charge < -0.3 is 15.7 Å². The molecule has 0 bridgehead atoms. The number of nitrogens with one attached hydrogen (secondary N) is 1. The van der Waals surface area contributed by atoms with E-state index < -0.39 is 0 Å². The molecular weight excluding hydrogens is 432 g/mol. The molecule has 6 nitrogen and oxygen atoms in total. The number of rotatable bonds is 8. The lowest BCUT2D eigenvalue weighted by atomic mass is 9.92. The lowest BCUT2D eigenvalue weighted by molar-refractivity contribution is 0.290. The lowest BCUT2D eigenvalue weighted by Gasteiger charge is -2.29. The van der Waals surface area contributed by atoms with E-state index in [2.05, 4.69) is 51.2 Å². The van der Waals surface area contributed by atoms with Crippen LogP contribution in [0.2, 0.25) is 5.28 Å². The minimum Gasteiger partial charge on any atom is -0.383 e. The second-order valence-corrected chi connectivity index (χ2v) is 9.25. The van der Waals surface area contributed by atoms with Crippen LogP contribution >= 0.6 is 11.6 Å². The van der Waals surface area contributed by atoms with Gasteiger partial charge in [0.25, 0.3) is 0 Å². The van der Waals surface area contributed by atoms with E-state index in [1.54, 1.807) is 5.57 Å². The van der Waals surface area contributed by atoms with Crippen LogP contribution in [0.5, 0.6) is 0 Å². The maximum atomic E-state index is 7.78. The summed E-state index contributed by atoms with van der Waals surface area (Å²) in [6.45, 7) is 9.09. The van der Waals surface area contributed by atoms with Crippen LogP contribution in [0, 0.1) is 11.3 Å². The number of hydrogen-bond donors (Lipinski definition) is 2. The van der Waals surface area contributed by atoms with E-state index in [4.69, 9.17) is 22.7 Å². The van der Waals surface area contributed by atoms with Crippen LogP contribution in [0.15, 0.2) is 54.3 Å². The van der Waals surface area contributed by atoms with Crippen molar-refractivity contribution in [2.24, 2.45) is 5.92 Å². The van der Waals surface area contributed by atoms with Crippen LogP contribution in [-0.2, 0) is 0 Å². The van der Waals surface area contributed by atoms with E-state index in [0.29, 0.717) is 17.8 Å². The van der Waals surface area contributed by atoms with Crippen molar-refractivity contribution in [1.29, 1.82) is 5.41 Å². The van der Waals surface area contributed by atoms with Gasteiger partial charge in [0, 0.05) is 43.7 Å². The summed E-state index contributed by atoms with van der Waals surface area (Å²) in [5.74, 6) is 0.947. The summed E-state index contributed by atoms with van der Waals surface area (Å²) in [5, 5.41) is 8.66. The van der Waals surface area contributed by atoms with Crippen molar-refractivity contribution in [2.75, 3.05) is 25.4 Å². The van der Waals surface area contributed by atoms with Crippen LogP contribution in [-0.4, -0.2) is 45.3 Å². The van der Waals surface area contributed by atoms with Gasteiger partial charge in [-0.05, 0) is 56.5 Å². The fourth-order valence-electron chi connectivity index (χ4n) is 5.22. The largest absolute Gasteiger partial charge is 0.383 e. The number of aromatic nitrogens is 3. The molecule has 0 radical (unpaired) electrons. The standard InChI is InChI=1S/C26H33ClN6/c1-3-5-6-18(4-2)9-12-32-13-10-19(11-14-32)20-7-8-22(15-20)33-17-21(16-28)23-24(29)30-26(27)31-25(23)33/h3-6,10,16-17,20,22,28H,1,7-9,11-15H2,2H3,(H2,29,30,31)/b6-5-,18-4+,28-16?. The average Bonchev–Trinajstić information content (AvgIpc) is 3.44. The molecule has 0 aromatic carbocycles. The summed E-state index contributed by atoms with van der Waals surface area (Å²) in [6, 6.07) is 0.337. The molecule has 2 aromatic rings. The molecule has 1 aliphatic heterocycles. The molecule has 1 aliphatic carbocycles. The molecule has 174 valence electrons. The topological polar surface area (TPSA) is 83.8 Å². The van der Waals surface area contributed by atoms with E-state index in [0.717, 1.165) is 61.9 Å². The Bertz CT molecular complexity index is 1130. The van der Waals surface area contributed by atoms with Gasteiger partial charge >= 0.3 is 0 Å². The Hall–Kier alpha value is -2.70. The van der Waals surface area contributed by atoms with E-state index in [-0.39, 0.29) is 5.28 Å². The molecule has 2 unspecified atom stereocenters. The van der Waals surface area contributed by atoms with Crippen LogP contribution in [0.3, 0.4) is 0 Å². The zero-order valence-electron chi connectivity index (χ0n) is 19.3. The van der Waals surface area contributed by atoms with Crippen molar-refractivity contribution in [3.8, 4) is 0 Å². The summed E-state index contributed by atoms with van der Waals surface area (Å²) in [6.07, 6.45) is 19.5. The normalized spacial score (nSPS) is 22.2. The molecule has 0 spiro atoms. The highest BCUT2D eigenvalue weighted by Gasteiger charge is 2.31. The number of anilines is 1. The predicted octanol–water partition coefficient (Wildman–Crippen LogP) is 5.72. The molecule has 2 aromatic heterocycles. The van der Waals surface area contributed by atoms with Gasteiger partial charge in [-0.25, -0.2) is 4.98 Å². The summed E-state index contributed by atoms with van der Waals surface area (Å²) >= 11 is 6.10. The molecular formula is C26H33ClN6. The second-order valence-electron chi connectivity index (χ2n) is 8.91. The SMILES string of the molecule is C=C/C=C\C(=C/C)CCN1CC=C(C2CCC(n3cc(C=N)c4c(N)nc(Cl)nc43)C2)CC1.